The van der Waals surface area contributed by atoms with Crippen molar-refractivity contribution in [2.45, 2.75) is 77.1 Å². The maximum absolute atomic E-state index is 11.6. The fourth-order valence-corrected chi connectivity index (χ4v) is 8.85. The van der Waals surface area contributed by atoms with Gasteiger partial charge in [-0.1, -0.05) is 41.5 Å². The van der Waals surface area contributed by atoms with E-state index in [2.05, 4.69) is 46.3 Å². The van der Waals surface area contributed by atoms with Crippen LogP contribution in [0.4, 0.5) is 0 Å². The Morgan fingerprint density at radius 2 is 1.45 bits per heavy atom. The van der Waals surface area contributed by atoms with Gasteiger partial charge in [0.1, 0.15) is 12.2 Å². The van der Waals surface area contributed by atoms with Crippen LogP contribution in [0.2, 0.25) is 16.6 Å². The molecule has 0 aliphatic heterocycles. The molecule has 1 N–H and O–H groups in total. The Kier molecular flexibility index (Phi) is 9.11. The number of carbonyl (C=O) groups excluding carboxylic acids is 2. The van der Waals surface area contributed by atoms with E-state index in [0.717, 1.165) is 0 Å². The largest absolute Gasteiger partial charge is 0.469 e. The molecule has 22 heavy (non-hydrogen) atoms. The van der Waals surface area contributed by atoms with E-state index in [0.29, 0.717) is 16.6 Å². The lowest BCUT2D eigenvalue weighted by atomic mass is 10.1. The third-order valence-electron chi connectivity index (χ3n) is 4.27. The first-order chi connectivity index (χ1) is 10.1. The van der Waals surface area contributed by atoms with Gasteiger partial charge in [0.25, 0.3) is 0 Å². The van der Waals surface area contributed by atoms with Crippen molar-refractivity contribution in [3.05, 3.63) is 0 Å². The van der Waals surface area contributed by atoms with Crippen molar-refractivity contribution in [3.8, 4) is 0 Å². The van der Waals surface area contributed by atoms with E-state index in [1.165, 1.54) is 7.11 Å². The highest BCUT2D eigenvalue weighted by Crippen LogP contribution is 2.42. The molecule has 0 saturated carbocycles. The van der Waals surface area contributed by atoms with Gasteiger partial charge in [0.2, 0.25) is 0 Å². The highest BCUT2D eigenvalue weighted by molar-refractivity contribution is 6.77. The quantitative estimate of drug-likeness (QED) is 0.378. The molecule has 0 saturated heterocycles. The van der Waals surface area contributed by atoms with Crippen LogP contribution >= 0.6 is 0 Å². The second-order valence-corrected chi connectivity index (χ2v) is 12.2. The van der Waals surface area contributed by atoms with Crippen LogP contribution in [0.25, 0.3) is 0 Å². The minimum Gasteiger partial charge on any atom is -0.469 e. The van der Waals surface area contributed by atoms with E-state index in [1.807, 2.05) is 0 Å². The number of ether oxygens (including phenoxy) is 1. The van der Waals surface area contributed by atoms with Crippen molar-refractivity contribution in [2.24, 2.45) is 0 Å². The normalized spacial score (nSPS) is 13.8. The summed E-state index contributed by atoms with van der Waals surface area (Å²) in [6.45, 7) is 13.2. The Morgan fingerprint density at radius 1 is 1.00 bits per heavy atom. The van der Waals surface area contributed by atoms with Gasteiger partial charge < -0.3 is 14.3 Å². The monoisotopic (exact) mass is 332 g/mol. The number of ketones is 1. The molecule has 0 bridgehead atoms. The van der Waals surface area contributed by atoms with Crippen molar-refractivity contribution >= 4 is 20.1 Å². The average Bonchev–Trinajstić information content (AvgIpc) is 2.37. The van der Waals surface area contributed by atoms with Gasteiger partial charge in [0, 0.05) is 6.42 Å². The minimum atomic E-state index is -2.04. The summed E-state index contributed by atoms with van der Waals surface area (Å²) < 4.78 is 10.7. The Labute approximate surface area is 135 Å². The maximum atomic E-state index is 11.6. The summed E-state index contributed by atoms with van der Waals surface area (Å²) in [6, 6.07) is 0. The summed E-state index contributed by atoms with van der Waals surface area (Å²) >= 11 is 0. The van der Waals surface area contributed by atoms with E-state index < -0.39 is 20.4 Å². The Hall–Kier alpha value is -0.723. The molecule has 0 aliphatic carbocycles. The van der Waals surface area contributed by atoms with E-state index in [-0.39, 0.29) is 25.2 Å². The highest BCUT2D eigenvalue weighted by atomic mass is 28.4. The Balaban J connectivity index is 4.67. The number of esters is 1. The number of aliphatic hydroxyl groups is 1. The first-order valence-electron chi connectivity index (χ1n) is 7.98. The van der Waals surface area contributed by atoms with Gasteiger partial charge in [-0.2, -0.15) is 0 Å². The standard InChI is InChI=1S/C16H32O5Si/c1-11(2)22(12(3)4,13(5)6)21-10-15(18)8-14(17)9-16(19)20-7/h11-13,15,18H,8-10H2,1-7H3/t15-/m0/s1. The van der Waals surface area contributed by atoms with Gasteiger partial charge in [-0.05, 0) is 16.6 Å². The van der Waals surface area contributed by atoms with E-state index in [4.69, 9.17) is 4.43 Å². The van der Waals surface area contributed by atoms with Gasteiger partial charge >= 0.3 is 5.97 Å². The number of aliphatic hydroxyl groups excluding tert-OH is 1. The summed E-state index contributed by atoms with van der Waals surface area (Å²) in [6.07, 6.45) is -1.25. The molecule has 0 unspecified atom stereocenters. The second kappa shape index (κ2) is 9.42. The molecule has 130 valence electrons. The lowest BCUT2D eigenvalue weighted by Gasteiger charge is -2.42. The Morgan fingerprint density at radius 3 is 1.82 bits per heavy atom. The maximum Gasteiger partial charge on any atom is 0.313 e. The van der Waals surface area contributed by atoms with Gasteiger partial charge in [0.15, 0.2) is 8.32 Å². The fraction of sp³-hybridized carbons (Fsp3) is 0.875. The van der Waals surface area contributed by atoms with Gasteiger partial charge in [-0.25, -0.2) is 0 Å². The minimum absolute atomic E-state index is 0.0755. The van der Waals surface area contributed by atoms with Crippen molar-refractivity contribution < 1.29 is 23.9 Å². The molecule has 5 nitrogen and oxygen atoms in total. The number of carbonyl (C=O) groups is 2. The Bertz CT molecular complexity index is 344. The van der Waals surface area contributed by atoms with E-state index in [9.17, 15) is 14.7 Å². The molecule has 0 aromatic carbocycles. The summed E-state index contributed by atoms with van der Waals surface area (Å²) in [5.74, 6) is -0.901. The van der Waals surface area contributed by atoms with E-state index >= 15 is 0 Å². The molecule has 0 aromatic rings. The SMILES string of the molecule is COC(=O)CC(=O)C[C@H](O)CO[Si](C(C)C)(C(C)C)C(C)C. The van der Waals surface area contributed by atoms with Gasteiger partial charge in [-0.15, -0.1) is 0 Å². The summed E-state index contributed by atoms with van der Waals surface area (Å²) in [5, 5.41) is 10.0. The van der Waals surface area contributed by atoms with Crippen LogP contribution in [0, 0.1) is 0 Å². The van der Waals surface area contributed by atoms with Crippen LogP contribution in [0.3, 0.4) is 0 Å². The smallest absolute Gasteiger partial charge is 0.313 e. The molecule has 0 fully saturated rings. The van der Waals surface area contributed by atoms with E-state index in [1.54, 1.807) is 0 Å². The molecule has 1 atom stereocenters. The van der Waals surface area contributed by atoms with Crippen LogP contribution < -0.4 is 0 Å². The molecule has 0 amide bonds. The predicted molar refractivity (Wildman–Crippen MR) is 89.3 cm³/mol. The van der Waals surface area contributed by atoms with Crippen LogP contribution in [0.5, 0.6) is 0 Å². The lowest BCUT2D eigenvalue weighted by molar-refractivity contribution is -0.143. The molecule has 0 spiro atoms. The summed E-state index contributed by atoms with van der Waals surface area (Å²) in [7, 11) is -0.804. The van der Waals surface area contributed by atoms with Gasteiger partial charge in [0.05, 0.1) is 19.8 Å². The average molecular weight is 333 g/mol. The highest BCUT2D eigenvalue weighted by Gasteiger charge is 2.45. The number of hydrogen-bond donors (Lipinski definition) is 1. The predicted octanol–water partition coefficient (Wildman–Crippen LogP) is 3.06. The first kappa shape index (κ1) is 21.3. The number of Topliss-reactive ketones (excluding diaryl/α,β-unsaturated/α-hetero) is 1. The first-order valence-corrected chi connectivity index (χ1v) is 10.1. The summed E-state index contributed by atoms with van der Waals surface area (Å²) in [4.78, 5) is 22.7. The van der Waals surface area contributed by atoms with Crippen molar-refractivity contribution in [1.29, 1.82) is 0 Å². The van der Waals surface area contributed by atoms with Crippen molar-refractivity contribution in [3.63, 3.8) is 0 Å². The van der Waals surface area contributed by atoms with Gasteiger partial charge in [-0.3, -0.25) is 9.59 Å². The zero-order valence-electron chi connectivity index (χ0n) is 15.0. The third-order valence-corrected chi connectivity index (χ3v) is 10.3. The number of hydrogen-bond acceptors (Lipinski definition) is 5. The molecule has 0 heterocycles. The third kappa shape index (κ3) is 5.82. The lowest BCUT2D eigenvalue weighted by Crippen LogP contribution is -2.49. The fourth-order valence-electron chi connectivity index (χ4n) is 3.37. The molecule has 0 radical (unpaired) electrons. The second-order valence-electron chi connectivity index (χ2n) is 6.78. The van der Waals surface area contributed by atoms with Crippen LogP contribution in [0.15, 0.2) is 0 Å². The van der Waals surface area contributed by atoms with Crippen molar-refractivity contribution in [1.82, 2.24) is 0 Å². The summed E-state index contributed by atoms with van der Waals surface area (Å²) in [5.41, 5.74) is 1.27. The van der Waals surface area contributed by atoms with Crippen LogP contribution in [-0.2, 0) is 18.8 Å². The molecule has 0 aliphatic rings. The van der Waals surface area contributed by atoms with Crippen LogP contribution in [-0.4, -0.2) is 45.0 Å². The zero-order valence-corrected chi connectivity index (χ0v) is 16.0. The molecule has 6 heteroatoms. The number of methoxy groups -OCH3 is 1. The zero-order chi connectivity index (χ0) is 17.5. The molecule has 0 aromatic heterocycles. The molecular weight excluding hydrogens is 300 g/mol. The topological polar surface area (TPSA) is 72.8 Å². The molecule has 0 rings (SSSR count). The number of rotatable bonds is 10. The van der Waals surface area contributed by atoms with Crippen LogP contribution in [0.1, 0.15) is 54.4 Å². The molecular formula is C16H32O5Si. The van der Waals surface area contributed by atoms with Crippen molar-refractivity contribution in [2.75, 3.05) is 13.7 Å².